The number of halogens is 1. The molecule has 0 bridgehead atoms. The van der Waals surface area contributed by atoms with Crippen molar-refractivity contribution in [2.75, 3.05) is 20.1 Å². The normalized spacial score (nSPS) is 19.5. The Morgan fingerprint density at radius 2 is 2.32 bits per heavy atom. The molecule has 1 aromatic carbocycles. The number of benzene rings is 1. The lowest BCUT2D eigenvalue weighted by Crippen LogP contribution is -2.44. The first-order valence-corrected chi connectivity index (χ1v) is 6.93. The van der Waals surface area contributed by atoms with Gasteiger partial charge in [-0.3, -0.25) is 4.79 Å². The number of amides is 1. The third-order valence-electron chi connectivity index (χ3n) is 3.69. The summed E-state index contributed by atoms with van der Waals surface area (Å²) in [5.41, 5.74) is 0.455. The molecule has 1 saturated heterocycles. The predicted octanol–water partition coefficient (Wildman–Crippen LogP) is 2.43. The molecule has 104 valence electrons. The van der Waals surface area contributed by atoms with Crippen LogP contribution in [0.3, 0.4) is 0 Å². The molecule has 4 heteroatoms. The van der Waals surface area contributed by atoms with Gasteiger partial charge in [-0.25, -0.2) is 4.39 Å². The van der Waals surface area contributed by atoms with Gasteiger partial charge in [0.1, 0.15) is 5.82 Å². The van der Waals surface area contributed by atoms with Crippen molar-refractivity contribution in [2.45, 2.75) is 31.7 Å². The van der Waals surface area contributed by atoms with Crippen LogP contribution in [-0.2, 0) is 0 Å². The third-order valence-corrected chi connectivity index (χ3v) is 3.69. The minimum absolute atomic E-state index is 0.0414. The maximum atomic E-state index is 13.2. The van der Waals surface area contributed by atoms with Gasteiger partial charge in [-0.05, 0) is 57.5 Å². The van der Waals surface area contributed by atoms with E-state index in [1.54, 1.807) is 12.1 Å². The zero-order chi connectivity index (χ0) is 13.7. The summed E-state index contributed by atoms with van der Waals surface area (Å²) in [5.74, 6) is -0.394. The van der Waals surface area contributed by atoms with Crippen molar-refractivity contribution in [3.63, 3.8) is 0 Å². The molecule has 1 fully saturated rings. The van der Waals surface area contributed by atoms with Crippen LogP contribution < -0.4 is 5.32 Å². The lowest BCUT2D eigenvalue weighted by molar-refractivity contribution is 0.0602. The monoisotopic (exact) mass is 264 g/mol. The van der Waals surface area contributed by atoms with Crippen molar-refractivity contribution in [3.8, 4) is 0 Å². The molecule has 1 heterocycles. The highest BCUT2D eigenvalue weighted by atomic mass is 19.1. The number of likely N-dealkylation sites (tertiary alicyclic amines) is 1. The Bertz CT molecular complexity index is 436. The summed E-state index contributed by atoms with van der Waals surface area (Å²) in [7, 11) is 1.92. The second-order valence-electron chi connectivity index (χ2n) is 5.05. The van der Waals surface area contributed by atoms with Crippen molar-refractivity contribution < 1.29 is 9.18 Å². The smallest absolute Gasteiger partial charge is 0.254 e. The molecule has 1 N–H and O–H groups in total. The van der Waals surface area contributed by atoms with Crippen LogP contribution >= 0.6 is 0 Å². The quantitative estimate of drug-likeness (QED) is 0.906. The molecule has 0 aliphatic carbocycles. The van der Waals surface area contributed by atoms with Gasteiger partial charge in [0, 0.05) is 18.2 Å². The van der Waals surface area contributed by atoms with E-state index in [-0.39, 0.29) is 17.8 Å². The number of piperidine rings is 1. The average molecular weight is 264 g/mol. The van der Waals surface area contributed by atoms with Gasteiger partial charge in [0.2, 0.25) is 0 Å². The van der Waals surface area contributed by atoms with E-state index in [0.717, 1.165) is 32.4 Å². The van der Waals surface area contributed by atoms with Crippen molar-refractivity contribution >= 4 is 5.91 Å². The Labute approximate surface area is 113 Å². The van der Waals surface area contributed by atoms with Crippen LogP contribution in [0.25, 0.3) is 0 Å². The average Bonchev–Trinajstić information content (AvgIpc) is 2.44. The number of rotatable bonds is 4. The van der Waals surface area contributed by atoms with Gasteiger partial charge in [-0.2, -0.15) is 0 Å². The highest BCUT2D eigenvalue weighted by Crippen LogP contribution is 2.22. The maximum Gasteiger partial charge on any atom is 0.254 e. The molecule has 3 nitrogen and oxygen atoms in total. The Hall–Kier alpha value is -1.42. The first-order valence-electron chi connectivity index (χ1n) is 6.93. The highest BCUT2D eigenvalue weighted by Gasteiger charge is 2.27. The lowest BCUT2D eigenvalue weighted by Gasteiger charge is -2.36. The third kappa shape index (κ3) is 3.53. The summed E-state index contributed by atoms with van der Waals surface area (Å²) in [6.07, 6.45) is 4.21. The number of carbonyl (C=O) groups excluding carboxylic acids is 1. The summed E-state index contributed by atoms with van der Waals surface area (Å²) in [6.45, 7) is 1.68. The Morgan fingerprint density at radius 1 is 1.47 bits per heavy atom. The van der Waals surface area contributed by atoms with Crippen molar-refractivity contribution in [1.82, 2.24) is 10.2 Å². The number of hydrogen-bond acceptors (Lipinski definition) is 2. The maximum absolute atomic E-state index is 13.2. The van der Waals surface area contributed by atoms with Gasteiger partial charge in [-0.15, -0.1) is 0 Å². The van der Waals surface area contributed by atoms with Crippen LogP contribution in [0.2, 0.25) is 0 Å². The molecular formula is C15H21FN2O. The molecule has 0 aromatic heterocycles. The molecule has 2 rings (SSSR count). The fourth-order valence-corrected chi connectivity index (χ4v) is 2.67. The SMILES string of the molecule is CNCCC1CCCCN1C(=O)c1cccc(F)c1. The molecule has 1 aliphatic heterocycles. The molecule has 0 saturated carbocycles. The fourth-order valence-electron chi connectivity index (χ4n) is 2.67. The van der Waals surface area contributed by atoms with E-state index in [0.29, 0.717) is 5.56 Å². The topological polar surface area (TPSA) is 32.3 Å². The minimum Gasteiger partial charge on any atom is -0.336 e. The van der Waals surface area contributed by atoms with Crippen LogP contribution in [0.4, 0.5) is 4.39 Å². The summed E-state index contributed by atoms with van der Waals surface area (Å²) >= 11 is 0. The van der Waals surface area contributed by atoms with Gasteiger partial charge in [0.05, 0.1) is 0 Å². The lowest BCUT2D eigenvalue weighted by atomic mass is 9.98. The second-order valence-corrected chi connectivity index (χ2v) is 5.05. The molecule has 1 unspecified atom stereocenters. The number of hydrogen-bond donors (Lipinski definition) is 1. The van der Waals surface area contributed by atoms with Crippen molar-refractivity contribution in [3.05, 3.63) is 35.6 Å². The highest BCUT2D eigenvalue weighted by molar-refractivity contribution is 5.94. The Kier molecular flexibility index (Phi) is 4.91. The van der Waals surface area contributed by atoms with Crippen LogP contribution in [0.15, 0.2) is 24.3 Å². The van der Waals surface area contributed by atoms with Crippen LogP contribution in [0.5, 0.6) is 0 Å². The van der Waals surface area contributed by atoms with E-state index in [9.17, 15) is 9.18 Å². The van der Waals surface area contributed by atoms with Gasteiger partial charge in [0.15, 0.2) is 0 Å². The van der Waals surface area contributed by atoms with Crippen LogP contribution in [0, 0.1) is 5.82 Å². The number of nitrogens with zero attached hydrogens (tertiary/aromatic N) is 1. The van der Waals surface area contributed by atoms with Crippen LogP contribution in [-0.4, -0.2) is 37.0 Å². The van der Waals surface area contributed by atoms with Crippen molar-refractivity contribution in [2.24, 2.45) is 0 Å². The molecular weight excluding hydrogens is 243 g/mol. The molecule has 0 spiro atoms. The van der Waals surface area contributed by atoms with Crippen LogP contribution in [0.1, 0.15) is 36.0 Å². The zero-order valence-electron chi connectivity index (χ0n) is 11.4. The molecule has 19 heavy (non-hydrogen) atoms. The van der Waals surface area contributed by atoms with E-state index in [1.807, 2.05) is 11.9 Å². The standard InChI is InChI=1S/C15H21FN2O/c1-17-9-8-14-7-2-3-10-18(14)15(19)12-5-4-6-13(16)11-12/h4-6,11,14,17H,2-3,7-10H2,1H3. The predicted molar refractivity (Wildman–Crippen MR) is 73.6 cm³/mol. The molecule has 1 amide bonds. The molecule has 1 aliphatic rings. The largest absolute Gasteiger partial charge is 0.336 e. The van der Waals surface area contributed by atoms with E-state index in [1.165, 1.54) is 18.6 Å². The number of nitrogens with one attached hydrogen (secondary N) is 1. The van der Waals surface area contributed by atoms with E-state index < -0.39 is 0 Å². The van der Waals surface area contributed by atoms with Crippen molar-refractivity contribution in [1.29, 1.82) is 0 Å². The summed E-state index contributed by atoms with van der Waals surface area (Å²) in [5, 5.41) is 3.13. The minimum atomic E-state index is -0.352. The Morgan fingerprint density at radius 3 is 3.05 bits per heavy atom. The van der Waals surface area contributed by atoms with E-state index in [2.05, 4.69) is 5.32 Å². The van der Waals surface area contributed by atoms with Gasteiger partial charge < -0.3 is 10.2 Å². The van der Waals surface area contributed by atoms with E-state index >= 15 is 0 Å². The first kappa shape index (κ1) is 14.0. The first-order chi connectivity index (χ1) is 9.22. The summed E-state index contributed by atoms with van der Waals surface area (Å²) in [4.78, 5) is 14.4. The van der Waals surface area contributed by atoms with E-state index in [4.69, 9.17) is 0 Å². The van der Waals surface area contributed by atoms with Gasteiger partial charge in [-0.1, -0.05) is 6.07 Å². The number of carbonyl (C=O) groups is 1. The van der Waals surface area contributed by atoms with Gasteiger partial charge in [0.25, 0.3) is 5.91 Å². The zero-order valence-corrected chi connectivity index (χ0v) is 11.4. The Balaban J connectivity index is 2.10. The molecule has 0 radical (unpaired) electrons. The fraction of sp³-hybridized carbons (Fsp3) is 0.533. The molecule has 1 aromatic rings. The van der Waals surface area contributed by atoms with Gasteiger partial charge >= 0.3 is 0 Å². The summed E-state index contributed by atoms with van der Waals surface area (Å²) in [6, 6.07) is 6.25. The molecule has 1 atom stereocenters. The summed E-state index contributed by atoms with van der Waals surface area (Å²) < 4.78 is 13.2. The second kappa shape index (κ2) is 6.66.